The molecule has 2 aromatic rings. The summed E-state index contributed by atoms with van der Waals surface area (Å²) in [4.78, 5) is 7.74. The van der Waals surface area contributed by atoms with Gasteiger partial charge in [-0.05, 0) is 19.4 Å². The molecule has 1 saturated heterocycles. The van der Waals surface area contributed by atoms with Crippen LogP contribution < -0.4 is 5.73 Å². The summed E-state index contributed by atoms with van der Waals surface area (Å²) in [6.07, 6.45) is 5.97. The average molecular weight is 264 g/mol. The Kier molecular flexibility index (Phi) is 3.00. The molecule has 7 heteroatoms. The summed E-state index contributed by atoms with van der Waals surface area (Å²) < 4.78 is 2.00. The summed E-state index contributed by atoms with van der Waals surface area (Å²) in [7, 11) is 2.00. The fraction of sp³-hybridized carbons (Fsp3) is 0.545. The number of anilines is 1. The minimum atomic E-state index is 0.362. The summed E-state index contributed by atoms with van der Waals surface area (Å²) in [6, 6.07) is 0.362. The van der Waals surface area contributed by atoms with Crippen LogP contribution in [0.5, 0.6) is 0 Å². The quantitative estimate of drug-likeness (QED) is 0.901. The third-order valence-electron chi connectivity index (χ3n) is 3.34. The van der Waals surface area contributed by atoms with Gasteiger partial charge in [-0.1, -0.05) is 0 Å². The second-order valence-corrected chi connectivity index (χ2v) is 5.74. The van der Waals surface area contributed by atoms with E-state index in [1.807, 2.05) is 17.8 Å². The van der Waals surface area contributed by atoms with Crippen LogP contribution in [0.3, 0.4) is 0 Å². The van der Waals surface area contributed by atoms with Crippen molar-refractivity contribution in [1.82, 2.24) is 24.6 Å². The predicted molar refractivity (Wildman–Crippen MR) is 69.9 cm³/mol. The lowest BCUT2D eigenvalue weighted by Crippen LogP contribution is -2.24. The van der Waals surface area contributed by atoms with Crippen molar-refractivity contribution in [2.24, 2.45) is 7.05 Å². The van der Waals surface area contributed by atoms with Crippen LogP contribution in [0.1, 0.15) is 29.6 Å². The summed E-state index contributed by atoms with van der Waals surface area (Å²) in [5, 5.41) is 8.84. The number of thiazole rings is 1. The van der Waals surface area contributed by atoms with Gasteiger partial charge in [0.1, 0.15) is 12.2 Å². The van der Waals surface area contributed by atoms with Crippen LogP contribution >= 0.6 is 11.3 Å². The monoisotopic (exact) mass is 264 g/mol. The lowest BCUT2D eigenvalue weighted by molar-refractivity contribution is 0.238. The van der Waals surface area contributed by atoms with Crippen LogP contribution in [-0.4, -0.2) is 31.2 Å². The normalized spacial score (nSPS) is 20.6. The molecule has 0 bridgehead atoms. The molecular weight excluding hydrogens is 248 g/mol. The number of rotatable bonds is 3. The highest BCUT2D eigenvalue weighted by Gasteiger charge is 2.29. The lowest BCUT2D eigenvalue weighted by Gasteiger charge is -2.22. The minimum Gasteiger partial charge on any atom is -0.375 e. The maximum atomic E-state index is 5.67. The van der Waals surface area contributed by atoms with E-state index in [0.717, 1.165) is 25.3 Å². The van der Waals surface area contributed by atoms with Crippen molar-refractivity contribution in [1.29, 1.82) is 0 Å². The molecule has 1 unspecified atom stereocenters. The van der Waals surface area contributed by atoms with E-state index in [4.69, 9.17) is 5.73 Å². The zero-order valence-electron chi connectivity index (χ0n) is 10.3. The molecule has 2 N–H and O–H groups in total. The highest BCUT2D eigenvalue weighted by molar-refractivity contribution is 7.15. The van der Waals surface area contributed by atoms with Crippen molar-refractivity contribution >= 4 is 16.5 Å². The van der Waals surface area contributed by atoms with Crippen molar-refractivity contribution in [3.05, 3.63) is 23.2 Å². The second kappa shape index (κ2) is 4.66. The summed E-state index contributed by atoms with van der Waals surface area (Å²) in [5.74, 6) is 1.05. The molecule has 2 aromatic heterocycles. The van der Waals surface area contributed by atoms with Crippen molar-refractivity contribution in [2.45, 2.75) is 25.4 Å². The van der Waals surface area contributed by atoms with Crippen LogP contribution in [0, 0.1) is 0 Å². The molecule has 0 saturated carbocycles. The smallest absolute Gasteiger partial charge is 0.180 e. The average Bonchev–Trinajstić information content (AvgIpc) is 3.02. The van der Waals surface area contributed by atoms with Gasteiger partial charge in [-0.2, -0.15) is 0 Å². The van der Waals surface area contributed by atoms with Crippen molar-refractivity contribution in [3.63, 3.8) is 0 Å². The third-order valence-corrected chi connectivity index (χ3v) is 4.15. The van der Waals surface area contributed by atoms with Gasteiger partial charge in [0.2, 0.25) is 0 Å². The summed E-state index contributed by atoms with van der Waals surface area (Å²) >= 11 is 1.56. The molecule has 1 atom stereocenters. The molecule has 0 spiro atoms. The van der Waals surface area contributed by atoms with Gasteiger partial charge in [0.05, 0.1) is 6.04 Å². The van der Waals surface area contributed by atoms with Gasteiger partial charge >= 0.3 is 0 Å². The Morgan fingerprint density at radius 3 is 3.11 bits per heavy atom. The van der Waals surface area contributed by atoms with Gasteiger partial charge in [-0.15, -0.1) is 21.5 Å². The van der Waals surface area contributed by atoms with Crippen molar-refractivity contribution in [2.75, 3.05) is 12.3 Å². The standard InChI is InChI=1S/C11H16N6S/c1-16-7-14-15-10(16)9-3-2-4-17(9)6-8-5-13-11(12)18-8/h5,7,9H,2-4,6H2,1H3,(H2,12,13). The van der Waals surface area contributed by atoms with Gasteiger partial charge in [-0.25, -0.2) is 4.98 Å². The topological polar surface area (TPSA) is 72.9 Å². The lowest BCUT2D eigenvalue weighted by atomic mass is 10.2. The maximum absolute atomic E-state index is 5.67. The molecule has 18 heavy (non-hydrogen) atoms. The van der Waals surface area contributed by atoms with Crippen molar-refractivity contribution < 1.29 is 0 Å². The third kappa shape index (κ3) is 2.11. The highest BCUT2D eigenvalue weighted by atomic mass is 32.1. The molecule has 6 nitrogen and oxygen atoms in total. The SMILES string of the molecule is Cn1cnnc1C1CCCN1Cc1cnc(N)s1. The van der Waals surface area contributed by atoms with E-state index in [2.05, 4.69) is 20.1 Å². The first-order valence-corrected chi connectivity index (χ1v) is 6.84. The van der Waals surface area contributed by atoms with Gasteiger partial charge in [0.25, 0.3) is 0 Å². The Hall–Kier alpha value is -1.47. The van der Waals surface area contributed by atoms with E-state index >= 15 is 0 Å². The molecule has 96 valence electrons. The first-order valence-electron chi connectivity index (χ1n) is 6.02. The Morgan fingerprint density at radius 1 is 1.56 bits per heavy atom. The molecule has 1 aliphatic heterocycles. The first-order chi connectivity index (χ1) is 8.74. The number of nitrogen functional groups attached to an aromatic ring is 1. The van der Waals surface area contributed by atoms with Crippen LogP contribution in [-0.2, 0) is 13.6 Å². The molecule has 3 heterocycles. The van der Waals surface area contributed by atoms with Gasteiger partial charge in [0.15, 0.2) is 5.13 Å². The van der Waals surface area contributed by atoms with Crippen molar-refractivity contribution in [3.8, 4) is 0 Å². The fourth-order valence-corrected chi connectivity index (χ4v) is 3.21. The largest absolute Gasteiger partial charge is 0.375 e. The number of hydrogen-bond acceptors (Lipinski definition) is 6. The van der Waals surface area contributed by atoms with Gasteiger partial charge in [0, 0.05) is 24.7 Å². The number of hydrogen-bond donors (Lipinski definition) is 1. The summed E-state index contributed by atoms with van der Waals surface area (Å²) in [6.45, 7) is 1.99. The highest BCUT2D eigenvalue weighted by Crippen LogP contribution is 2.32. The van der Waals surface area contributed by atoms with E-state index in [9.17, 15) is 0 Å². The molecule has 1 aliphatic rings. The Morgan fingerprint density at radius 2 is 2.44 bits per heavy atom. The van der Waals surface area contributed by atoms with E-state index in [1.165, 1.54) is 11.3 Å². The first kappa shape index (κ1) is 11.6. The zero-order valence-corrected chi connectivity index (χ0v) is 11.1. The number of nitrogens with zero attached hydrogens (tertiary/aromatic N) is 5. The second-order valence-electron chi connectivity index (χ2n) is 4.59. The molecule has 0 radical (unpaired) electrons. The number of aromatic nitrogens is 4. The van der Waals surface area contributed by atoms with Crippen LogP contribution in [0.2, 0.25) is 0 Å². The van der Waals surface area contributed by atoms with Gasteiger partial charge in [-0.3, -0.25) is 4.90 Å². The number of aryl methyl sites for hydroxylation is 1. The molecule has 0 amide bonds. The molecule has 0 aromatic carbocycles. The molecule has 0 aliphatic carbocycles. The minimum absolute atomic E-state index is 0.362. The number of nitrogens with two attached hydrogens (primary N) is 1. The fourth-order valence-electron chi connectivity index (χ4n) is 2.50. The Bertz CT molecular complexity index is 533. The molecule has 1 fully saturated rings. The van der Waals surface area contributed by atoms with Crippen LogP contribution in [0.15, 0.2) is 12.5 Å². The maximum Gasteiger partial charge on any atom is 0.180 e. The predicted octanol–water partition coefficient (Wildman–Crippen LogP) is 1.19. The Labute approximate surface area is 109 Å². The van der Waals surface area contributed by atoms with E-state index in [0.29, 0.717) is 11.2 Å². The molecule has 3 rings (SSSR count). The van der Waals surface area contributed by atoms with E-state index < -0.39 is 0 Å². The van der Waals surface area contributed by atoms with Crippen LogP contribution in [0.4, 0.5) is 5.13 Å². The van der Waals surface area contributed by atoms with E-state index in [-0.39, 0.29) is 0 Å². The zero-order chi connectivity index (χ0) is 12.5. The Balaban J connectivity index is 1.77. The van der Waals surface area contributed by atoms with E-state index in [1.54, 1.807) is 17.7 Å². The molecular formula is C11H16N6S. The van der Waals surface area contributed by atoms with Gasteiger partial charge < -0.3 is 10.3 Å². The number of likely N-dealkylation sites (tertiary alicyclic amines) is 1. The van der Waals surface area contributed by atoms with Crippen LogP contribution in [0.25, 0.3) is 0 Å². The summed E-state index contributed by atoms with van der Waals surface area (Å²) in [5.41, 5.74) is 5.67.